The number of hydrogen-bond acceptors (Lipinski definition) is 4. The second-order valence-corrected chi connectivity index (χ2v) is 4.86. The predicted molar refractivity (Wildman–Crippen MR) is 65.3 cm³/mol. The summed E-state index contributed by atoms with van der Waals surface area (Å²) in [5.74, 6) is -0.993. The molecule has 1 fully saturated rings. The lowest BCUT2D eigenvalue weighted by Gasteiger charge is -2.15. The summed E-state index contributed by atoms with van der Waals surface area (Å²) in [6, 6.07) is 2.91. The molecule has 1 aromatic heterocycles. The number of nitrogens with zero attached hydrogens (tertiary/aromatic N) is 1. The van der Waals surface area contributed by atoms with Crippen LogP contribution in [0.15, 0.2) is 12.1 Å². The third kappa shape index (κ3) is 4.07. The van der Waals surface area contributed by atoms with Crippen molar-refractivity contribution in [3.05, 3.63) is 23.4 Å². The van der Waals surface area contributed by atoms with E-state index in [9.17, 15) is 18.0 Å². The number of aliphatic hydroxyl groups is 1. The van der Waals surface area contributed by atoms with Gasteiger partial charge in [0, 0.05) is 12.0 Å². The highest BCUT2D eigenvalue weighted by molar-refractivity contribution is 5.85. The van der Waals surface area contributed by atoms with Crippen LogP contribution < -0.4 is 4.74 Å². The van der Waals surface area contributed by atoms with E-state index in [4.69, 9.17) is 14.9 Å². The molecule has 0 unspecified atom stereocenters. The predicted octanol–water partition coefficient (Wildman–Crippen LogP) is 2.35. The van der Waals surface area contributed by atoms with Crippen LogP contribution >= 0.6 is 0 Å². The van der Waals surface area contributed by atoms with Crippen molar-refractivity contribution < 1.29 is 32.9 Å². The number of pyridine rings is 1. The minimum Gasteiger partial charge on any atom is -0.477 e. The van der Waals surface area contributed by atoms with Crippen LogP contribution in [0.2, 0.25) is 0 Å². The molecule has 0 amide bonds. The molecule has 8 heteroatoms. The average Bonchev–Trinajstić information content (AvgIpc) is 3.21. The summed E-state index contributed by atoms with van der Waals surface area (Å²) in [6.45, 7) is -0.392. The monoisotopic (exact) mass is 305 g/mol. The summed E-state index contributed by atoms with van der Waals surface area (Å²) >= 11 is 0. The van der Waals surface area contributed by atoms with Gasteiger partial charge in [0.25, 0.3) is 0 Å². The molecule has 0 aliphatic heterocycles. The lowest BCUT2D eigenvalue weighted by Crippen LogP contribution is -2.30. The molecule has 1 heterocycles. The number of alkyl halides is 3. The molecular formula is C13H14F3NO4. The lowest BCUT2D eigenvalue weighted by molar-refractivity contribution is -0.206. The molecule has 0 radical (unpaired) electrons. The number of aliphatic hydroxyl groups excluding tert-OH is 1. The van der Waals surface area contributed by atoms with E-state index in [2.05, 4.69) is 4.98 Å². The van der Waals surface area contributed by atoms with Crippen molar-refractivity contribution in [2.45, 2.75) is 37.5 Å². The van der Waals surface area contributed by atoms with E-state index in [-0.39, 0.29) is 17.5 Å². The van der Waals surface area contributed by atoms with E-state index < -0.39 is 31.3 Å². The zero-order valence-corrected chi connectivity index (χ0v) is 10.9. The van der Waals surface area contributed by atoms with Crippen LogP contribution in [0.5, 0.6) is 5.88 Å². The zero-order valence-electron chi connectivity index (χ0n) is 10.9. The summed E-state index contributed by atoms with van der Waals surface area (Å²) in [7, 11) is 0. The highest BCUT2D eigenvalue weighted by Crippen LogP contribution is 2.43. The average molecular weight is 305 g/mol. The Morgan fingerprint density at radius 2 is 2.10 bits per heavy atom. The largest absolute Gasteiger partial charge is 0.477 e. The maximum atomic E-state index is 12.2. The molecule has 1 saturated carbocycles. The summed E-state index contributed by atoms with van der Waals surface area (Å²) in [5.41, 5.74) is 0.465. The van der Waals surface area contributed by atoms with Gasteiger partial charge in [-0.3, -0.25) is 0 Å². The lowest BCUT2D eigenvalue weighted by atomic mass is 10.1. The fraction of sp³-hybridized carbons (Fsp3) is 0.538. The third-order valence-corrected chi connectivity index (χ3v) is 3.13. The van der Waals surface area contributed by atoms with E-state index in [1.54, 1.807) is 6.07 Å². The van der Waals surface area contributed by atoms with Crippen LogP contribution in [-0.4, -0.2) is 40.1 Å². The van der Waals surface area contributed by atoms with E-state index in [0.717, 1.165) is 12.8 Å². The molecule has 1 atom stereocenters. The maximum absolute atomic E-state index is 12.2. The molecule has 0 aromatic carbocycles. The molecule has 0 spiro atoms. The van der Waals surface area contributed by atoms with Gasteiger partial charge in [0.1, 0.15) is 0 Å². The SMILES string of the molecule is O=C(O)c1ccc(C2CC2)c(OCC[C@@H](O)C(F)(F)F)n1. The Hall–Kier alpha value is -1.83. The normalized spacial score (nSPS) is 16.6. The quantitative estimate of drug-likeness (QED) is 0.843. The smallest absolute Gasteiger partial charge is 0.414 e. The van der Waals surface area contributed by atoms with E-state index >= 15 is 0 Å². The second kappa shape index (κ2) is 5.88. The minimum atomic E-state index is -4.70. The molecule has 116 valence electrons. The van der Waals surface area contributed by atoms with Crippen LogP contribution in [0.25, 0.3) is 0 Å². The molecule has 0 bridgehead atoms. The number of carboxylic acid groups (broad SMARTS) is 1. The molecule has 21 heavy (non-hydrogen) atoms. The van der Waals surface area contributed by atoms with Gasteiger partial charge in [-0.2, -0.15) is 13.2 Å². The number of carboxylic acids is 1. The van der Waals surface area contributed by atoms with Crippen LogP contribution in [0.3, 0.4) is 0 Å². The summed E-state index contributed by atoms with van der Waals surface area (Å²) in [6.07, 6.45) is -5.97. The van der Waals surface area contributed by atoms with Crippen molar-refractivity contribution in [1.29, 1.82) is 0 Å². The number of carbonyl (C=O) groups is 1. The molecule has 2 rings (SSSR count). The van der Waals surface area contributed by atoms with Crippen LogP contribution in [0.1, 0.15) is 41.2 Å². The fourth-order valence-electron chi connectivity index (χ4n) is 1.82. The van der Waals surface area contributed by atoms with Gasteiger partial charge in [-0.05, 0) is 24.8 Å². The number of ether oxygens (including phenoxy) is 1. The van der Waals surface area contributed by atoms with Crippen molar-refractivity contribution in [1.82, 2.24) is 4.98 Å². The Morgan fingerprint density at radius 1 is 1.43 bits per heavy atom. The summed E-state index contributed by atoms with van der Waals surface area (Å²) in [5, 5.41) is 17.7. The first-order chi connectivity index (χ1) is 9.79. The summed E-state index contributed by atoms with van der Waals surface area (Å²) in [4.78, 5) is 14.7. The van der Waals surface area contributed by atoms with Gasteiger partial charge < -0.3 is 14.9 Å². The number of rotatable bonds is 6. The van der Waals surface area contributed by atoms with Gasteiger partial charge in [0.2, 0.25) is 5.88 Å². The first-order valence-electron chi connectivity index (χ1n) is 6.41. The Morgan fingerprint density at radius 3 is 2.62 bits per heavy atom. The molecule has 2 N–H and O–H groups in total. The molecule has 1 aliphatic carbocycles. The minimum absolute atomic E-state index is 0.0341. The van der Waals surface area contributed by atoms with Gasteiger partial charge in [-0.15, -0.1) is 0 Å². The van der Waals surface area contributed by atoms with Crippen molar-refractivity contribution >= 4 is 5.97 Å². The fourth-order valence-corrected chi connectivity index (χ4v) is 1.82. The Balaban J connectivity index is 2.04. The Bertz CT molecular complexity index is 529. The van der Waals surface area contributed by atoms with Crippen molar-refractivity contribution in [3.8, 4) is 5.88 Å². The topological polar surface area (TPSA) is 79.7 Å². The van der Waals surface area contributed by atoms with E-state index in [0.29, 0.717) is 5.56 Å². The van der Waals surface area contributed by atoms with Gasteiger partial charge >= 0.3 is 12.1 Å². The van der Waals surface area contributed by atoms with Gasteiger partial charge in [-0.1, -0.05) is 6.07 Å². The Kier molecular flexibility index (Phi) is 4.36. The number of hydrogen-bond donors (Lipinski definition) is 2. The third-order valence-electron chi connectivity index (χ3n) is 3.13. The van der Waals surface area contributed by atoms with Gasteiger partial charge in [0.05, 0.1) is 6.61 Å². The highest BCUT2D eigenvalue weighted by Gasteiger charge is 2.38. The van der Waals surface area contributed by atoms with Crippen molar-refractivity contribution in [2.24, 2.45) is 0 Å². The number of aromatic carboxylic acids is 1. The summed E-state index contributed by atoms with van der Waals surface area (Å²) < 4.78 is 41.7. The van der Waals surface area contributed by atoms with Gasteiger partial charge in [0.15, 0.2) is 11.8 Å². The Labute approximate surface area is 118 Å². The van der Waals surface area contributed by atoms with Crippen LogP contribution in [0.4, 0.5) is 13.2 Å². The standard InChI is InChI=1S/C13H14F3NO4/c14-13(15,16)10(18)5-6-21-11-8(7-1-2-7)3-4-9(17-11)12(19)20/h3-4,7,10,18H,1-2,5-6H2,(H,19,20)/t10-/m1/s1. The first-order valence-corrected chi connectivity index (χ1v) is 6.41. The van der Waals surface area contributed by atoms with Crippen molar-refractivity contribution in [2.75, 3.05) is 6.61 Å². The van der Waals surface area contributed by atoms with E-state index in [1.165, 1.54) is 6.07 Å². The number of aromatic nitrogens is 1. The maximum Gasteiger partial charge on any atom is 0.414 e. The van der Waals surface area contributed by atoms with E-state index in [1.807, 2.05) is 0 Å². The second-order valence-electron chi connectivity index (χ2n) is 4.86. The molecule has 1 aromatic rings. The molecule has 1 aliphatic rings. The van der Waals surface area contributed by atoms with Crippen LogP contribution in [-0.2, 0) is 0 Å². The molecule has 5 nitrogen and oxygen atoms in total. The molecular weight excluding hydrogens is 291 g/mol. The first kappa shape index (κ1) is 15.6. The van der Waals surface area contributed by atoms with Gasteiger partial charge in [-0.25, -0.2) is 9.78 Å². The number of halogens is 3. The van der Waals surface area contributed by atoms with Crippen LogP contribution in [0, 0.1) is 0 Å². The molecule has 0 saturated heterocycles. The highest BCUT2D eigenvalue weighted by atomic mass is 19.4. The van der Waals surface area contributed by atoms with Crippen molar-refractivity contribution in [3.63, 3.8) is 0 Å². The zero-order chi connectivity index (χ0) is 15.6.